The fraction of sp³-hybridized carbons (Fsp3) is 0. The summed E-state index contributed by atoms with van der Waals surface area (Å²) in [6.45, 7) is 0. The van der Waals surface area contributed by atoms with Gasteiger partial charge in [0.2, 0.25) is 0 Å². The maximum Gasteiger partial charge on any atom is 0.269 e. The lowest BCUT2D eigenvalue weighted by atomic mass is 10.1. The molecule has 6 nitrogen and oxygen atoms in total. The number of rotatable bonds is 4. The summed E-state index contributed by atoms with van der Waals surface area (Å²) in [5.74, 6) is 0. The van der Waals surface area contributed by atoms with Gasteiger partial charge in [0.05, 0.1) is 12.6 Å². The lowest BCUT2D eigenvalue weighted by Crippen LogP contribution is -1.87. The van der Waals surface area contributed by atoms with Crippen molar-refractivity contribution in [3.05, 3.63) is 79.8 Å². The van der Waals surface area contributed by atoms with Crippen LogP contribution in [-0.2, 0) is 0 Å². The highest BCUT2D eigenvalue weighted by Gasteiger charge is 2.03. The molecule has 0 aromatic heterocycles. The van der Waals surface area contributed by atoms with Crippen LogP contribution in [-0.4, -0.2) is 9.85 Å². The van der Waals surface area contributed by atoms with Crippen LogP contribution in [0, 0.1) is 20.2 Å². The summed E-state index contributed by atoms with van der Waals surface area (Å²) in [5, 5.41) is 21.2. The van der Waals surface area contributed by atoms with Crippen LogP contribution in [0.1, 0.15) is 13.9 Å². The molecule has 0 radical (unpaired) electrons. The topological polar surface area (TPSA) is 86.3 Å². The molecular formula is C14H10N2O4. The summed E-state index contributed by atoms with van der Waals surface area (Å²) >= 11 is 0. The zero-order chi connectivity index (χ0) is 16.3. The monoisotopic (exact) mass is 272 g/mol. The molecule has 0 unspecified atom stereocenters. The van der Waals surface area contributed by atoms with Gasteiger partial charge >= 0.3 is 0 Å². The van der Waals surface area contributed by atoms with Crippen molar-refractivity contribution in [1.82, 2.24) is 0 Å². The average molecular weight is 272 g/mol. The van der Waals surface area contributed by atoms with E-state index < -0.39 is 9.85 Å². The minimum Gasteiger partial charge on any atom is -0.258 e. The molecule has 0 heterocycles. The molecule has 2 rings (SSSR count). The van der Waals surface area contributed by atoms with Crippen LogP contribution >= 0.6 is 0 Å². The first-order chi connectivity index (χ1) is 10.4. The second kappa shape index (κ2) is 5.75. The summed E-state index contributed by atoms with van der Waals surface area (Å²) in [6, 6.07) is 7.69. The third-order valence-corrected chi connectivity index (χ3v) is 2.50. The van der Waals surface area contributed by atoms with Crippen molar-refractivity contribution in [2.24, 2.45) is 0 Å². The molecule has 0 aliphatic heterocycles. The van der Waals surface area contributed by atoms with Crippen LogP contribution < -0.4 is 0 Å². The number of nitrogens with zero attached hydrogens (tertiary/aromatic N) is 2. The Morgan fingerprint density at radius 1 is 0.800 bits per heavy atom. The van der Waals surface area contributed by atoms with E-state index in [1.54, 1.807) is 0 Å². The molecule has 0 aliphatic rings. The van der Waals surface area contributed by atoms with Crippen molar-refractivity contribution in [2.75, 3.05) is 0 Å². The van der Waals surface area contributed by atoms with Crippen LogP contribution in [0.15, 0.2) is 48.5 Å². The number of nitro groups is 2. The van der Waals surface area contributed by atoms with E-state index in [1.165, 1.54) is 36.4 Å². The van der Waals surface area contributed by atoms with Crippen LogP contribution in [0.4, 0.5) is 11.4 Å². The predicted octanol–water partition coefficient (Wildman–Crippen LogP) is 3.67. The van der Waals surface area contributed by atoms with E-state index in [4.69, 9.17) is 2.74 Å². The van der Waals surface area contributed by atoms with E-state index >= 15 is 0 Å². The molecule has 6 heteroatoms. The van der Waals surface area contributed by atoms with Gasteiger partial charge in [-0.15, -0.1) is 0 Å². The van der Waals surface area contributed by atoms with Crippen LogP contribution in [0.25, 0.3) is 12.2 Å². The smallest absolute Gasteiger partial charge is 0.258 e. The van der Waals surface area contributed by atoms with E-state index in [0.717, 1.165) is 12.1 Å². The number of non-ortho nitro benzene ring substituents is 2. The molecule has 0 saturated heterocycles. The Morgan fingerprint density at radius 3 is 1.50 bits per heavy atom. The summed E-state index contributed by atoms with van der Waals surface area (Å²) in [4.78, 5) is 20.0. The third kappa shape index (κ3) is 3.26. The van der Waals surface area contributed by atoms with Crippen molar-refractivity contribution in [1.29, 1.82) is 0 Å². The Labute approximate surface area is 117 Å². The highest BCUT2D eigenvalue weighted by molar-refractivity contribution is 5.70. The van der Waals surface area contributed by atoms with Crippen molar-refractivity contribution in [3.8, 4) is 0 Å². The normalized spacial score (nSPS) is 12.0. The van der Waals surface area contributed by atoms with Crippen LogP contribution in [0.5, 0.6) is 0 Å². The Morgan fingerprint density at radius 2 is 1.20 bits per heavy atom. The van der Waals surface area contributed by atoms with Crippen LogP contribution in [0.2, 0.25) is 0 Å². The fourth-order valence-corrected chi connectivity index (χ4v) is 1.47. The molecule has 2 aromatic carbocycles. The van der Waals surface area contributed by atoms with Crippen molar-refractivity contribution in [3.63, 3.8) is 0 Å². The SMILES string of the molecule is [2H]c1cc([N+](=O)[O-])ccc1C=Cc1ccc([N+](=O)[O-])cc1[2H]. The molecule has 100 valence electrons. The molecule has 20 heavy (non-hydrogen) atoms. The van der Waals surface area contributed by atoms with E-state index in [9.17, 15) is 20.2 Å². The fourth-order valence-electron chi connectivity index (χ4n) is 1.47. The number of hydrogen-bond donors (Lipinski definition) is 0. The Bertz CT molecular complexity index is 725. The van der Waals surface area contributed by atoms with Crippen molar-refractivity contribution >= 4 is 23.5 Å². The zero-order valence-electron chi connectivity index (χ0n) is 12.1. The zero-order valence-corrected chi connectivity index (χ0v) is 10.1. The second-order valence-electron chi connectivity index (χ2n) is 3.85. The molecule has 0 saturated carbocycles. The Kier molecular flexibility index (Phi) is 3.12. The third-order valence-electron chi connectivity index (χ3n) is 2.50. The average Bonchev–Trinajstić information content (AvgIpc) is 2.46. The molecule has 0 fully saturated rings. The second-order valence-corrected chi connectivity index (χ2v) is 3.85. The minimum atomic E-state index is -0.580. The summed E-state index contributed by atoms with van der Waals surface area (Å²) in [5.41, 5.74) is 0.559. The Hall–Kier alpha value is -3.02. The van der Waals surface area contributed by atoms with E-state index in [-0.39, 0.29) is 23.5 Å². The quantitative estimate of drug-likeness (QED) is 0.482. The van der Waals surface area contributed by atoms with Gasteiger partial charge in [-0.05, 0) is 35.3 Å². The largest absolute Gasteiger partial charge is 0.269 e. The van der Waals surface area contributed by atoms with Gasteiger partial charge in [0.1, 0.15) is 0 Å². The van der Waals surface area contributed by atoms with Gasteiger partial charge in [-0.1, -0.05) is 12.2 Å². The van der Waals surface area contributed by atoms with Crippen molar-refractivity contribution < 1.29 is 12.6 Å². The van der Waals surface area contributed by atoms with Gasteiger partial charge in [-0.2, -0.15) is 0 Å². The molecule has 2 aromatic rings. The Balaban J connectivity index is 2.29. The van der Waals surface area contributed by atoms with Gasteiger partial charge in [-0.25, -0.2) is 0 Å². The molecule has 0 spiro atoms. The first kappa shape index (κ1) is 10.9. The number of hydrogen-bond acceptors (Lipinski definition) is 4. The summed E-state index contributed by atoms with van der Waals surface area (Å²) < 4.78 is 15.4. The first-order valence-electron chi connectivity index (χ1n) is 6.56. The maximum absolute atomic E-state index is 10.6. The van der Waals surface area contributed by atoms with Gasteiger partial charge in [0, 0.05) is 24.3 Å². The van der Waals surface area contributed by atoms with E-state index in [2.05, 4.69) is 0 Å². The van der Waals surface area contributed by atoms with E-state index in [0.29, 0.717) is 11.1 Å². The highest BCUT2D eigenvalue weighted by Crippen LogP contribution is 2.16. The molecule has 0 atom stereocenters. The standard InChI is InChI=1S/C14H10N2O4/c17-15(18)13-7-3-11(4-8-13)1-2-12-5-9-14(10-6-12)16(19)20/h1-10H/i3D,5D. The van der Waals surface area contributed by atoms with E-state index in [1.807, 2.05) is 0 Å². The summed E-state index contributed by atoms with van der Waals surface area (Å²) in [7, 11) is 0. The van der Waals surface area contributed by atoms with Gasteiger partial charge in [-0.3, -0.25) is 20.2 Å². The highest BCUT2D eigenvalue weighted by atomic mass is 16.6. The molecule has 0 N–H and O–H groups in total. The van der Waals surface area contributed by atoms with Crippen LogP contribution in [0.3, 0.4) is 0 Å². The lowest BCUT2D eigenvalue weighted by Gasteiger charge is -1.95. The predicted molar refractivity (Wildman–Crippen MR) is 75.1 cm³/mol. The van der Waals surface area contributed by atoms with Gasteiger partial charge in [0.25, 0.3) is 11.4 Å². The lowest BCUT2D eigenvalue weighted by molar-refractivity contribution is -0.385. The maximum atomic E-state index is 10.6. The number of nitro benzene ring substituents is 2. The first-order valence-corrected chi connectivity index (χ1v) is 5.56. The minimum absolute atomic E-state index is 0.0149. The molecule has 0 amide bonds. The molecule has 0 bridgehead atoms. The molecular weight excluding hydrogens is 260 g/mol. The van der Waals surface area contributed by atoms with Gasteiger partial charge < -0.3 is 0 Å². The molecule has 0 aliphatic carbocycles. The van der Waals surface area contributed by atoms with Crippen molar-refractivity contribution in [2.45, 2.75) is 0 Å². The number of benzene rings is 2. The van der Waals surface area contributed by atoms with Gasteiger partial charge in [0.15, 0.2) is 0 Å². The summed E-state index contributed by atoms with van der Waals surface area (Å²) in [6.07, 6.45) is 3.07.